The maximum Gasteiger partial charge on any atom is 0.237 e. The summed E-state index contributed by atoms with van der Waals surface area (Å²) in [5, 5.41) is 0. The van der Waals surface area contributed by atoms with Gasteiger partial charge in [-0.3, -0.25) is 9.59 Å². The minimum absolute atomic E-state index is 0.0470. The number of fused-ring (bicyclic) bond motifs is 2. The highest BCUT2D eigenvalue weighted by molar-refractivity contribution is 6.05. The Kier molecular flexibility index (Phi) is 3.34. The Morgan fingerprint density at radius 1 is 1.00 bits per heavy atom. The normalized spacial score (nSPS) is 30.4. The third-order valence-corrected chi connectivity index (χ3v) is 5.29. The van der Waals surface area contributed by atoms with E-state index in [2.05, 4.69) is 24.3 Å². The fraction of sp³-hybridized carbons (Fsp3) is 0.444. The largest absolute Gasteiger partial charge is 0.313 e. The first-order valence-corrected chi connectivity index (χ1v) is 8.14. The summed E-state index contributed by atoms with van der Waals surface area (Å²) in [4.78, 5) is 27.9. The molecule has 2 amide bonds. The zero-order chi connectivity index (χ0) is 15.1. The average molecular weight is 297 g/mol. The Hall–Kier alpha value is -1.94. The molecule has 0 bridgehead atoms. The minimum Gasteiger partial charge on any atom is -0.313 e. The number of hydrogen-bond acceptors (Lipinski definition) is 2. The fourth-order valence-electron chi connectivity index (χ4n) is 4.03. The van der Waals surface area contributed by atoms with Gasteiger partial charge in [0.2, 0.25) is 11.8 Å². The van der Waals surface area contributed by atoms with Gasteiger partial charge in [0.25, 0.3) is 0 Å². The van der Waals surface area contributed by atoms with E-state index in [9.17, 15) is 9.59 Å². The van der Waals surface area contributed by atoms with E-state index in [1.807, 2.05) is 12.2 Å². The molecule has 1 fully saturated rings. The van der Waals surface area contributed by atoms with Crippen molar-refractivity contribution in [2.24, 2.45) is 11.8 Å². The van der Waals surface area contributed by atoms with E-state index in [0.29, 0.717) is 6.67 Å². The van der Waals surface area contributed by atoms with Crippen LogP contribution >= 0.6 is 0 Å². The number of amides is 2. The van der Waals surface area contributed by atoms with Gasteiger partial charge in [-0.15, -0.1) is 0 Å². The Morgan fingerprint density at radius 3 is 2.32 bits per heavy atom. The summed E-state index contributed by atoms with van der Waals surface area (Å²) in [5.41, 5.74) is 2.75. The molecule has 1 aromatic rings. The van der Waals surface area contributed by atoms with Gasteiger partial charge < -0.3 is 4.90 Å². The number of imide groups is 1. The molecule has 1 saturated heterocycles. The lowest BCUT2D eigenvalue weighted by atomic mass is 9.85. The van der Waals surface area contributed by atoms with Crippen molar-refractivity contribution in [2.45, 2.75) is 25.8 Å². The molecule has 1 N–H and O–H groups in total. The Bertz CT molecular complexity index is 626. The van der Waals surface area contributed by atoms with Crippen LogP contribution in [0.1, 0.15) is 24.0 Å². The van der Waals surface area contributed by atoms with Crippen LogP contribution in [0.5, 0.6) is 0 Å². The molecule has 0 radical (unpaired) electrons. The maximum absolute atomic E-state index is 12.5. The Balaban J connectivity index is 1.48. The van der Waals surface area contributed by atoms with Gasteiger partial charge >= 0.3 is 0 Å². The van der Waals surface area contributed by atoms with Gasteiger partial charge in [-0.1, -0.05) is 36.4 Å². The van der Waals surface area contributed by atoms with Crippen molar-refractivity contribution in [1.82, 2.24) is 4.90 Å². The van der Waals surface area contributed by atoms with Crippen molar-refractivity contribution in [3.05, 3.63) is 47.5 Å². The molecule has 22 heavy (non-hydrogen) atoms. The SMILES string of the molecule is O=C1[C@H]2CC=CC[C@H]2C(=O)N1C[NH+]1CCc2ccccc2C1. The second kappa shape index (κ2) is 5.36. The number of quaternary nitrogens is 1. The van der Waals surface area contributed by atoms with Gasteiger partial charge in [-0.25, -0.2) is 4.90 Å². The Morgan fingerprint density at radius 2 is 1.64 bits per heavy atom. The van der Waals surface area contributed by atoms with Crippen LogP contribution in [-0.2, 0) is 22.6 Å². The number of nitrogens with zero attached hydrogens (tertiary/aromatic N) is 1. The van der Waals surface area contributed by atoms with Crippen molar-refractivity contribution in [1.29, 1.82) is 0 Å². The van der Waals surface area contributed by atoms with Crippen LogP contribution in [0.2, 0.25) is 0 Å². The number of carbonyl (C=O) groups is 2. The van der Waals surface area contributed by atoms with Gasteiger partial charge in [0.1, 0.15) is 6.54 Å². The van der Waals surface area contributed by atoms with E-state index in [4.69, 9.17) is 0 Å². The molecular formula is C18H21N2O2+. The standard InChI is InChI=1S/C18H20N2O2/c21-17-15-7-3-4-8-16(15)18(22)20(17)12-19-10-9-13-5-1-2-6-14(13)11-19/h1-6,15-16H,7-12H2/p+1/t15-,16+. The molecule has 1 unspecified atom stereocenters. The van der Waals surface area contributed by atoms with Crippen molar-refractivity contribution in [3.63, 3.8) is 0 Å². The van der Waals surface area contributed by atoms with E-state index in [1.54, 1.807) is 0 Å². The van der Waals surface area contributed by atoms with E-state index >= 15 is 0 Å². The maximum atomic E-state index is 12.5. The van der Waals surface area contributed by atoms with Crippen LogP contribution in [0.25, 0.3) is 0 Å². The first-order valence-electron chi connectivity index (χ1n) is 8.14. The molecule has 0 spiro atoms. The summed E-state index contributed by atoms with van der Waals surface area (Å²) in [7, 11) is 0. The molecular weight excluding hydrogens is 276 g/mol. The number of rotatable bonds is 2. The summed E-state index contributed by atoms with van der Waals surface area (Å²) in [6, 6.07) is 8.48. The van der Waals surface area contributed by atoms with Crippen LogP contribution in [0.15, 0.2) is 36.4 Å². The topological polar surface area (TPSA) is 41.8 Å². The summed E-state index contributed by atoms with van der Waals surface area (Å²) >= 11 is 0. The van der Waals surface area contributed by atoms with Crippen LogP contribution in [0.4, 0.5) is 0 Å². The lowest BCUT2D eigenvalue weighted by Crippen LogP contribution is -3.13. The van der Waals surface area contributed by atoms with Crippen molar-refractivity contribution in [3.8, 4) is 0 Å². The number of likely N-dealkylation sites (tertiary alicyclic amines) is 1. The predicted octanol–water partition coefficient (Wildman–Crippen LogP) is 0.536. The van der Waals surface area contributed by atoms with Gasteiger partial charge in [-0.05, 0) is 18.4 Å². The number of hydrogen-bond donors (Lipinski definition) is 1. The molecule has 3 atom stereocenters. The molecule has 4 rings (SSSR count). The summed E-state index contributed by atoms with van der Waals surface area (Å²) in [5.74, 6) is -0.112. The van der Waals surface area contributed by atoms with Gasteiger partial charge in [0, 0.05) is 12.0 Å². The highest BCUT2D eigenvalue weighted by Gasteiger charge is 2.48. The highest BCUT2D eigenvalue weighted by Crippen LogP contribution is 2.34. The molecule has 2 heterocycles. The first-order chi connectivity index (χ1) is 10.7. The lowest BCUT2D eigenvalue weighted by molar-refractivity contribution is -0.923. The number of allylic oxidation sites excluding steroid dienone is 2. The van der Waals surface area contributed by atoms with Crippen molar-refractivity contribution < 1.29 is 14.5 Å². The van der Waals surface area contributed by atoms with Gasteiger partial charge in [-0.2, -0.15) is 0 Å². The van der Waals surface area contributed by atoms with Gasteiger partial charge in [0.15, 0.2) is 6.67 Å². The van der Waals surface area contributed by atoms with Crippen molar-refractivity contribution >= 4 is 11.8 Å². The van der Waals surface area contributed by atoms with E-state index in [-0.39, 0.29) is 23.7 Å². The molecule has 0 aromatic heterocycles. The average Bonchev–Trinajstić information content (AvgIpc) is 2.80. The summed E-state index contributed by atoms with van der Waals surface area (Å²) in [6.45, 7) is 2.42. The molecule has 0 saturated carbocycles. The molecule has 3 aliphatic rings. The molecule has 2 aliphatic heterocycles. The monoisotopic (exact) mass is 297 g/mol. The summed E-state index contributed by atoms with van der Waals surface area (Å²) in [6.07, 6.45) is 6.56. The number of benzene rings is 1. The smallest absolute Gasteiger partial charge is 0.237 e. The van der Waals surface area contributed by atoms with Crippen LogP contribution in [0, 0.1) is 11.8 Å². The second-order valence-corrected chi connectivity index (χ2v) is 6.61. The number of nitrogens with one attached hydrogen (secondary N) is 1. The zero-order valence-corrected chi connectivity index (χ0v) is 12.6. The van der Waals surface area contributed by atoms with E-state index < -0.39 is 0 Å². The van der Waals surface area contributed by atoms with Gasteiger partial charge in [0.05, 0.1) is 18.4 Å². The molecule has 1 aliphatic carbocycles. The predicted molar refractivity (Wildman–Crippen MR) is 81.8 cm³/mol. The molecule has 114 valence electrons. The highest BCUT2D eigenvalue weighted by atomic mass is 16.2. The van der Waals surface area contributed by atoms with Crippen LogP contribution < -0.4 is 4.90 Å². The Labute approximate surface area is 130 Å². The fourth-order valence-corrected chi connectivity index (χ4v) is 4.03. The lowest BCUT2D eigenvalue weighted by Gasteiger charge is -2.28. The molecule has 4 nitrogen and oxygen atoms in total. The summed E-state index contributed by atoms with van der Waals surface area (Å²) < 4.78 is 0. The quantitative estimate of drug-likeness (QED) is 0.639. The van der Waals surface area contributed by atoms with E-state index in [1.165, 1.54) is 20.9 Å². The second-order valence-electron chi connectivity index (χ2n) is 6.61. The first kappa shape index (κ1) is 13.7. The van der Waals surface area contributed by atoms with Crippen molar-refractivity contribution in [2.75, 3.05) is 13.2 Å². The zero-order valence-electron chi connectivity index (χ0n) is 12.6. The minimum atomic E-state index is -0.103. The van der Waals surface area contributed by atoms with Crippen LogP contribution in [-0.4, -0.2) is 29.9 Å². The van der Waals surface area contributed by atoms with Crippen LogP contribution in [0.3, 0.4) is 0 Å². The third-order valence-electron chi connectivity index (χ3n) is 5.29. The van der Waals surface area contributed by atoms with E-state index in [0.717, 1.165) is 32.4 Å². The molecule has 4 heteroatoms. The third kappa shape index (κ3) is 2.18. The molecule has 1 aromatic carbocycles. The number of carbonyl (C=O) groups excluding carboxylic acids is 2.